The minimum atomic E-state index is -0.429. The number of fused-ring (bicyclic) bond motifs is 1. The van der Waals surface area contributed by atoms with Crippen molar-refractivity contribution in [2.45, 2.75) is 44.3 Å². The number of aromatic nitrogens is 2. The van der Waals surface area contributed by atoms with Gasteiger partial charge < -0.3 is 11.5 Å². The van der Waals surface area contributed by atoms with Crippen LogP contribution in [0.5, 0.6) is 0 Å². The van der Waals surface area contributed by atoms with Crippen LogP contribution in [-0.2, 0) is 6.54 Å². The Labute approximate surface area is 169 Å². The Hall–Kier alpha value is -3.35. The van der Waals surface area contributed by atoms with E-state index in [2.05, 4.69) is 45.3 Å². The zero-order chi connectivity index (χ0) is 19.8. The van der Waals surface area contributed by atoms with E-state index in [4.69, 9.17) is 16.5 Å². The number of nitrogens with two attached hydrogens (primary N) is 2. The first-order valence-corrected chi connectivity index (χ1v) is 10.1. The molecule has 1 fully saturated rings. The Morgan fingerprint density at radius 2 is 1.76 bits per heavy atom. The third-order valence-corrected chi connectivity index (χ3v) is 5.91. The van der Waals surface area contributed by atoms with Crippen LogP contribution in [0, 0.1) is 0 Å². The summed E-state index contributed by atoms with van der Waals surface area (Å²) in [6, 6.07) is 16.7. The zero-order valence-corrected chi connectivity index (χ0v) is 16.3. The molecule has 29 heavy (non-hydrogen) atoms. The zero-order valence-electron chi connectivity index (χ0n) is 16.3. The van der Waals surface area contributed by atoms with Crippen LogP contribution in [0.2, 0.25) is 0 Å². The number of nitrogens with zero attached hydrogens (tertiary/aromatic N) is 5. The third-order valence-electron chi connectivity index (χ3n) is 5.91. The van der Waals surface area contributed by atoms with Gasteiger partial charge in [0.1, 0.15) is 5.66 Å². The molecule has 2 aromatic carbocycles. The molecule has 0 unspecified atom stereocenters. The predicted molar refractivity (Wildman–Crippen MR) is 117 cm³/mol. The summed E-state index contributed by atoms with van der Waals surface area (Å²) in [5, 5.41) is 5.67. The lowest BCUT2D eigenvalue weighted by atomic mass is 9.87. The molecule has 7 heteroatoms. The third kappa shape index (κ3) is 3.12. The van der Waals surface area contributed by atoms with Gasteiger partial charge in [0, 0.05) is 11.1 Å². The minimum absolute atomic E-state index is 0.275. The van der Waals surface area contributed by atoms with Crippen LogP contribution < -0.4 is 16.4 Å². The molecule has 0 saturated heterocycles. The average Bonchev–Trinajstić information content (AvgIpc) is 3.11. The van der Waals surface area contributed by atoms with Crippen LogP contribution in [0.4, 0.5) is 5.69 Å². The Bertz CT molecular complexity index is 1090. The van der Waals surface area contributed by atoms with Gasteiger partial charge in [-0.3, -0.25) is 9.58 Å². The molecule has 1 spiro atoms. The molecule has 0 bridgehead atoms. The van der Waals surface area contributed by atoms with Crippen molar-refractivity contribution >= 4 is 28.5 Å². The smallest absolute Gasteiger partial charge is 0.220 e. The fourth-order valence-corrected chi connectivity index (χ4v) is 4.59. The monoisotopic (exact) mass is 387 g/mol. The second-order valence-corrected chi connectivity index (χ2v) is 7.85. The molecule has 1 saturated carbocycles. The number of rotatable bonds is 3. The van der Waals surface area contributed by atoms with E-state index in [1.54, 1.807) is 0 Å². The van der Waals surface area contributed by atoms with Crippen LogP contribution in [0.15, 0.2) is 64.7 Å². The predicted octanol–water partition coefficient (Wildman–Crippen LogP) is 3.19. The molecule has 148 valence electrons. The standard InChI is InChI=1S/C22H25N7/c23-20-26-21(24)29(22(27-20)11-5-2-6-12-22)18-9-10-19-17(13-18)14-25-28(19)15-16-7-3-1-4-8-16/h1,3-4,7-10,13-14H,2,5-6,11-12,15H2,(H4,23,24,26,27). The molecule has 0 radical (unpaired) electrons. The van der Waals surface area contributed by atoms with Gasteiger partial charge in [-0.2, -0.15) is 10.1 Å². The topological polar surface area (TPSA) is 97.8 Å². The van der Waals surface area contributed by atoms with E-state index in [1.807, 2.05) is 29.1 Å². The van der Waals surface area contributed by atoms with E-state index < -0.39 is 5.66 Å². The van der Waals surface area contributed by atoms with Crippen LogP contribution >= 0.6 is 0 Å². The number of hydrogen-bond acceptors (Lipinski definition) is 6. The van der Waals surface area contributed by atoms with Crippen molar-refractivity contribution in [1.82, 2.24) is 9.78 Å². The number of guanidine groups is 2. The van der Waals surface area contributed by atoms with Crippen LogP contribution in [0.3, 0.4) is 0 Å². The molecular formula is C22H25N7. The summed E-state index contributed by atoms with van der Waals surface area (Å²) in [6.45, 7) is 0.738. The van der Waals surface area contributed by atoms with Crippen LogP contribution in [-0.4, -0.2) is 27.4 Å². The van der Waals surface area contributed by atoms with Crippen molar-refractivity contribution in [1.29, 1.82) is 0 Å². The highest BCUT2D eigenvalue weighted by Gasteiger charge is 2.42. The highest BCUT2D eigenvalue weighted by atomic mass is 15.4. The first-order valence-electron chi connectivity index (χ1n) is 10.1. The molecule has 2 heterocycles. The quantitative estimate of drug-likeness (QED) is 0.721. The van der Waals surface area contributed by atoms with E-state index in [9.17, 15) is 0 Å². The number of anilines is 1. The van der Waals surface area contributed by atoms with Crippen molar-refractivity contribution in [3.63, 3.8) is 0 Å². The van der Waals surface area contributed by atoms with Crippen molar-refractivity contribution < 1.29 is 0 Å². The van der Waals surface area contributed by atoms with E-state index in [1.165, 1.54) is 12.0 Å². The summed E-state index contributed by atoms with van der Waals surface area (Å²) in [5.74, 6) is 0.688. The van der Waals surface area contributed by atoms with Gasteiger partial charge in [0.2, 0.25) is 11.9 Å². The molecule has 1 aliphatic carbocycles. The lowest BCUT2D eigenvalue weighted by Gasteiger charge is -2.45. The second kappa shape index (κ2) is 6.92. The maximum absolute atomic E-state index is 6.35. The van der Waals surface area contributed by atoms with Gasteiger partial charge in [-0.1, -0.05) is 36.8 Å². The van der Waals surface area contributed by atoms with Gasteiger partial charge in [-0.05, 0) is 49.4 Å². The molecular weight excluding hydrogens is 362 g/mol. The number of hydrogen-bond donors (Lipinski definition) is 2. The molecule has 3 aromatic rings. The lowest BCUT2D eigenvalue weighted by molar-refractivity contribution is 0.305. The Morgan fingerprint density at radius 1 is 0.966 bits per heavy atom. The molecule has 0 amide bonds. The van der Waals surface area contributed by atoms with E-state index >= 15 is 0 Å². The highest BCUT2D eigenvalue weighted by molar-refractivity contribution is 6.06. The van der Waals surface area contributed by atoms with Gasteiger partial charge in [0.25, 0.3) is 0 Å². The Morgan fingerprint density at radius 3 is 2.55 bits per heavy atom. The minimum Gasteiger partial charge on any atom is -0.369 e. The maximum Gasteiger partial charge on any atom is 0.220 e. The summed E-state index contributed by atoms with van der Waals surface area (Å²) in [6.07, 6.45) is 7.19. The van der Waals surface area contributed by atoms with E-state index in [-0.39, 0.29) is 5.96 Å². The molecule has 4 N–H and O–H groups in total. The molecule has 0 atom stereocenters. The van der Waals surface area contributed by atoms with Gasteiger partial charge in [0.05, 0.1) is 18.3 Å². The normalized spacial score (nSPS) is 18.7. The fraction of sp³-hybridized carbons (Fsp3) is 0.318. The molecule has 1 aliphatic heterocycles. The summed E-state index contributed by atoms with van der Waals surface area (Å²) in [4.78, 5) is 11.1. The van der Waals surface area contributed by atoms with Crippen LogP contribution in [0.1, 0.15) is 37.7 Å². The average molecular weight is 387 g/mol. The maximum atomic E-state index is 6.35. The van der Waals surface area contributed by atoms with Gasteiger partial charge in [0.15, 0.2) is 0 Å². The molecule has 1 aromatic heterocycles. The first kappa shape index (κ1) is 17.7. The van der Waals surface area contributed by atoms with E-state index in [0.29, 0.717) is 5.96 Å². The van der Waals surface area contributed by atoms with Gasteiger partial charge in [-0.25, -0.2) is 4.99 Å². The van der Waals surface area contributed by atoms with Crippen LogP contribution in [0.25, 0.3) is 10.9 Å². The molecule has 2 aliphatic rings. The number of benzene rings is 2. The molecule has 7 nitrogen and oxygen atoms in total. The number of aliphatic imine (C=N–C) groups is 2. The summed E-state index contributed by atoms with van der Waals surface area (Å²) < 4.78 is 2.02. The summed E-state index contributed by atoms with van der Waals surface area (Å²) in [5.41, 5.74) is 15.2. The van der Waals surface area contributed by atoms with Gasteiger partial charge >= 0.3 is 0 Å². The summed E-state index contributed by atoms with van der Waals surface area (Å²) in [7, 11) is 0. The van der Waals surface area contributed by atoms with Gasteiger partial charge in [-0.15, -0.1) is 0 Å². The van der Waals surface area contributed by atoms with Crippen molar-refractivity contribution in [2.75, 3.05) is 4.90 Å². The van der Waals surface area contributed by atoms with Crippen molar-refractivity contribution in [2.24, 2.45) is 21.5 Å². The van der Waals surface area contributed by atoms with Crippen molar-refractivity contribution in [3.05, 3.63) is 60.3 Å². The highest BCUT2D eigenvalue weighted by Crippen LogP contribution is 2.40. The lowest BCUT2D eigenvalue weighted by Crippen LogP contribution is -2.58. The SMILES string of the molecule is NC1=NC2(CCCCC2)N(c2ccc3c(cnn3Cc3ccccc3)c2)C(N)=N1. The van der Waals surface area contributed by atoms with Crippen molar-refractivity contribution in [3.8, 4) is 0 Å². The van der Waals surface area contributed by atoms with E-state index in [0.717, 1.165) is 48.8 Å². The molecule has 5 rings (SSSR count). The fourth-order valence-electron chi connectivity index (χ4n) is 4.59. The first-order chi connectivity index (χ1) is 14.1. The Kier molecular flexibility index (Phi) is 4.23. The Balaban J connectivity index is 1.52. The second-order valence-electron chi connectivity index (χ2n) is 7.85. The summed E-state index contributed by atoms with van der Waals surface area (Å²) >= 11 is 0. The largest absolute Gasteiger partial charge is 0.369 e.